The van der Waals surface area contributed by atoms with Crippen LogP contribution in [0.1, 0.15) is 0 Å². The molecule has 2 heterocycles. The Bertz CT molecular complexity index is 1300. The van der Waals surface area contributed by atoms with Crippen molar-refractivity contribution in [3.05, 3.63) is 90.4 Å². The van der Waals surface area contributed by atoms with Crippen molar-refractivity contribution in [3.63, 3.8) is 0 Å². The zero-order valence-electron chi connectivity index (χ0n) is 18.0. The maximum Gasteiger partial charge on any atom is 0.205 e. The first-order valence-electron chi connectivity index (χ1n) is 10.6. The first-order chi connectivity index (χ1) is 16.8. The Morgan fingerprint density at radius 2 is 1.56 bits per heavy atom. The Morgan fingerprint density at radius 1 is 0.853 bits per heavy atom. The number of benzene rings is 3. The highest BCUT2D eigenvalue weighted by Gasteiger charge is 2.16. The summed E-state index contributed by atoms with van der Waals surface area (Å²) in [4.78, 5) is 18.2. The number of nitrogens with one attached hydrogen (secondary N) is 1. The molecular formula is C26H20N4O2S2. The average Bonchev–Trinajstić information content (AvgIpc) is 3.58. The quantitative estimate of drug-likeness (QED) is 0.274. The minimum absolute atomic E-state index is 0.0152. The molecule has 168 valence electrons. The summed E-state index contributed by atoms with van der Waals surface area (Å²) in [5, 5.41) is 12.1. The van der Waals surface area contributed by atoms with Crippen molar-refractivity contribution >= 4 is 33.6 Å². The molecule has 8 heteroatoms. The number of nitrogens with zero attached hydrogens (tertiary/aromatic N) is 3. The molecule has 0 aliphatic rings. The van der Waals surface area contributed by atoms with Crippen LogP contribution in [0.5, 0.6) is 5.75 Å². The smallest absolute Gasteiger partial charge is 0.205 e. The number of carbonyl (C=O) groups is 1. The third kappa shape index (κ3) is 5.19. The zero-order valence-corrected chi connectivity index (χ0v) is 19.7. The number of thiazole rings is 1. The van der Waals surface area contributed by atoms with Crippen LogP contribution in [0, 0.1) is 0 Å². The molecule has 0 fully saturated rings. The third-order valence-electron chi connectivity index (χ3n) is 5.01. The summed E-state index contributed by atoms with van der Waals surface area (Å²) in [7, 11) is 0. The lowest BCUT2D eigenvalue weighted by Crippen LogP contribution is -2.20. The predicted octanol–water partition coefficient (Wildman–Crippen LogP) is 6.06. The van der Waals surface area contributed by atoms with Crippen molar-refractivity contribution in [2.45, 2.75) is 0 Å². The summed E-state index contributed by atoms with van der Waals surface area (Å²) in [6.07, 6.45) is 0. The fourth-order valence-electron chi connectivity index (χ4n) is 3.35. The van der Waals surface area contributed by atoms with Crippen molar-refractivity contribution in [1.82, 2.24) is 15.2 Å². The molecule has 0 bridgehead atoms. The lowest BCUT2D eigenvalue weighted by Gasteiger charge is -2.06. The molecule has 0 aliphatic heterocycles. The molecule has 0 spiro atoms. The number of ketones is 1. The Morgan fingerprint density at radius 3 is 2.24 bits per heavy atom. The number of hydrogen-bond acceptors (Lipinski definition) is 8. The van der Waals surface area contributed by atoms with Crippen molar-refractivity contribution in [2.24, 2.45) is 0 Å². The maximum atomic E-state index is 12.1. The lowest BCUT2D eigenvalue weighted by molar-refractivity contribution is -0.119. The summed E-state index contributed by atoms with van der Waals surface area (Å²) in [5.41, 5.74) is 5.82. The number of Topliss-reactive ketones (excluding diaryl/α,β-unsaturated/α-hetero) is 1. The van der Waals surface area contributed by atoms with Crippen molar-refractivity contribution in [2.75, 3.05) is 18.5 Å². The molecule has 5 aromatic rings. The molecule has 0 saturated carbocycles. The van der Waals surface area contributed by atoms with Crippen LogP contribution in [-0.2, 0) is 4.79 Å². The fraction of sp³-hybridized carbons (Fsp3) is 0.0769. The molecule has 34 heavy (non-hydrogen) atoms. The van der Waals surface area contributed by atoms with Crippen molar-refractivity contribution in [3.8, 4) is 38.0 Å². The Balaban J connectivity index is 1.31. The van der Waals surface area contributed by atoms with E-state index < -0.39 is 0 Å². The van der Waals surface area contributed by atoms with Crippen LogP contribution in [0.25, 0.3) is 32.3 Å². The van der Waals surface area contributed by atoms with Gasteiger partial charge in [-0.05, 0) is 29.8 Å². The van der Waals surface area contributed by atoms with Gasteiger partial charge in [0.1, 0.15) is 22.9 Å². The minimum Gasteiger partial charge on any atom is -0.486 e. The zero-order chi connectivity index (χ0) is 23.2. The topological polar surface area (TPSA) is 77.0 Å². The molecule has 1 N–H and O–H groups in total. The standard InChI is InChI=1S/C26H20N4O2S2/c31-21(15-27-26-30-28-17-33-26)16-32-22-13-11-20(12-14-22)25-29-23(18-7-3-1-4-8-18)24(34-25)19-9-5-2-6-10-19/h1-14,17H,15-16H2,(H,27,30). The molecule has 2 aromatic heterocycles. The SMILES string of the molecule is O=C(CNc1nncs1)COc1ccc(-c2nc(-c3ccccc3)c(-c3ccccc3)s2)cc1. The van der Waals surface area contributed by atoms with Gasteiger partial charge in [0.2, 0.25) is 5.13 Å². The van der Waals surface area contributed by atoms with E-state index in [0.717, 1.165) is 32.3 Å². The Kier molecular flexibility index (Phi) is 6.69. The van der Waals surface area contributed by atoms with E-state index in [1.165, 1.54) is 11.3 Å². The third-order valence-corrected chi connectivity index (χ3v) is 6.81. The van der Waals surface area contributed by atoms with E-state index in [2.05, 4.69) is 39.8 Å². The van der Waals surface area contributed by atoms with E-state index >= 15 is 0 Å². The monoisotopic (exact) mass is 484 g/mol. The number of carbonyl (C=O) groups excluding carboxylic acids is 1. The first-order valence-corrected chi connectivity index (χ1v) is 12.3. The number of rotatable bonds is 9. The molecule has 0 amide bonds. The highest BCUT2D eigenvalue weighted by atomic mass is 32.1. The average molecular weight is 485 g/mol. The van der Waals surface area contributed by atoms with Crippen molar-refractivity contribution in [1.29, 1.82) is 0 Å². The van der Waals surface area contributed by atoms with Gasteiger partial charge >= 0.3 is 0 Å². The highest BCUT2D eigenvalue weighted by Crippen LogP contribution is 2.40. The second kappa shape index (κ2) is 10.4. The molecule has 5 rings (SSSR count). The molecule has 0 saturated heterocycles. The van der Waals surface area contributed by atoms with E-state index in [1.807, 2.05) is 60.7 Å². The largest absolute Gasteiger partial charge is 0.486 e. The van der Waals surface area contributed by atoms with Crippen LogP contribution in [0.4, 0.5) is 5.13 Å². The van der Waals surface area contributed by atoms with E-state index in [-0.39, 0.29) is 18.9 Å². The van der Waals surface area contributed by atoms with Gasteiger partial charge < -0.3 is 10.1 Å². The van der Waals surface area contributed by atoms with Crippen LogP contribution in [0.2, 0.25) is 0 Å². The van der Waals surface area contributed by atoms with Gasteiger partial charge in [-0.3, -0.25) is 4.79 Å². The van der Waals surface area contributed by atoms with E-state index in [0.29, 0.717) is 10.9 Å². The van der Waals surface area contributed by atoms with Gasteiger partial charge in [0, 0.05) is 11.1 Å². The van der Waals surface area contributed by atoms with Crippen LogP contribution in [0.15, 0.2) is 90.4 Å². The molecule has 6 nitrogen and oxygen atoms in total. The predicted molar refractivity (Wildman–Crippen MR) is 137 cm³/mol. The van der Waals surface area contributed by atoms with Crippen molar-refractivity contribution < 1.29 is 9.53 Å². The summed E-state index contributed by atoms with van der Waals surface area (Å²) in [6.45, 7) is 0.135. The second-order valence-electron chi connectivity index (χ2n) is 7.38. The van der Waals surface area contributed by atoms with Crippen LogP contribution < -0.4 is 10.1 Å². The van der Waals surface area contributed by atoms with E-state index in [1.54, 1.807) is 16.8 Å². The number of anilines is 1. The van der Waals surface area contributed by atoms with Crippen LogP contribution >= 0.6 is 22.7 Å². The summed E-state index contributed by atoms with van der Waals surface area (Å²) < 4.78 is 5.66. The van der Waals surface area contributed by atoms with Gasteiger partial charge in [-0.15, -0.1) is 21.5 Å². The van der Waals surface area contributed by atoms with Crippen LogP contribution in [-0.4, -0.2) is 34.1 Å². The minimum atomic E-state index is -0.0702. The Labute approximate surface area is 204 Å². The normalized spacial score (nSPS) is 10.7. The summed E-state index contributed by atoms with van der Waals surface area (Å²) in [6, 6.07) is 28.2. The van der Waals surface area contributed by atoms with Gasteiger partial charge in [-0.1, -0.05) is 72.0 Å². The molecule has 0 atom stereocenters. The fourth-order valence-corrected chi connectivity index (χ4v) is 4.90. The Hall–Kier alpha value is -3.88. The van der Waals surface area contributed by atoms with Gasteiger partial charge in [0.05, 0.1) is 17.1 Å². The van der Waals surface area contributed by atoms with Crippen LogP contribution in [0.3, 0.4) is 0 Å². The molecule has 0 unspecified atom stereocenters. The number of ether oxygens (including phenoxy) is 1. The van der Waals surface area contributed by atoms with Gasteiger partial charge in [0.25, 0.3) is 0 Å². The van der Waals surface area contributed by atoms with Gasteiger partial charge in [-0.2, -0.15) is 0 Å². The van der Waals surface area contributed by atoms with Gasteiger partial charge in [0.15, 0.2) is 5.78 Å². The summed E-state index contributed by atoms with van der Waals surface area (Å²) in [5.74, 6) is 0.565. The second-order valence-corrected chi connectivity index (χ2v) is 9.21. The van der Waals surface area contributed by atoms with E-state index in [9.17, 15) is 4.79 Å². The molecule has 3 aromatic carbocycles. The molecule has 0 radical (unpaired) electrons. The number of aromatic nitrogens is 3. The molecular weight excluding hydrogens is 464 g/mol. The maximum absolute atomic E-state index is 12.1. The molecule has 0 aliphatic carbocycles. The highest BCUT2D eigenvalue weighted by molar-refractivity contribution is 7.19. The van der Waals surface area contributed by atoms with Gasteiger partial charge in [-0.25, -0.2) is 4.98 Å². The van der Waals surface area contributed by atoms with E-state index in [4.69, 9.17) is 9.72 Å². The first kappa shape index (κ1) is 21.9. The summed E-state index contributed by atoms with van der Waals surface area (Å²) >= 11 is 3.01. The lowest BCUT2D eigenvalue weighted by atomic mass is 10.1. The number of hydrogen-bond donors (Lipinski definition) is 1.